The quantitative estimate of drug-likeness (QED) is 0.610. The fourth-order valence-corrected chi connectivity index (χ4v) is 1.61. The van der Waals surface area contributed by atoms with Crippen LogP contribution < -0.4 is 5.43 Å². The third kappa shape index (κ3) is 2.42. The normalized spacial score (nSPS) is 10.9. The van der Waals surface area contributed by atoms with E-state index in [1.807, 2.05) is 30.3 Å². The molecule has 4 nitrogen and oxygen atoms in total. The SMILES string of the molecule is CC(=O)NN=Cc1c(O)ccc2ccccc12. The molecule has 0 aromatic heterocycles. The molecule has 0 atom stereocenters. The Bertz CT molecular complexity index is 591. The zero-order valence-electron chi connectivity index (χ0n) is 9.34. The third-order valence-electron chi connectivity index (χ3n) is 2.36. The number of nitrogens with one attached hydrogen (secondary N) is 1. The number of benzene rings is 2. The number of nitrogens with zero attached hydrogens (tertiary/aromatic N) is 1. The van der Waals surface area contributed by atoms with Gasteiger partial charge >= 0.3 is 0 Å². The molecule has 4 heteroatoms. The van der Waals surface area contributed by atoms with Gasteiger partial charge in [-0.15, -0.1) is 0 Å². The van der Waals surface area contributed by atoms with Crippen LogP contribution in [-0.4, -0.2) is 17.2 Å². The van der Waals surface area contributed by atoms with Gasteiger partial charge in [0.25, 0.3) is 0 Å². The fourth-order valence-electron chi connectivity index (χ4n) is 1.61. The van der Waals surface area contributed by atoms with E-state index in [1.54, 1.807) is 6.07 Å². The number of hydrogen-bond acceptors (Lipinski definition) is 3. The molecule has 2 aromatic carbocycles. The average Bonchev–Trinajstić information content (AvgIpc) is 2.32. The van der Waals surface area contributed by atoms with E-state index in [9.17, 15) is 9.90 Å². The van der Waals surface area contributed by atoms with Gasteiger partial charge in [0, 0.05) is 12.5 Å². The first-order valence-electron chi connectivity index (χ1n) is 5.19. The Labute approximate surface area is 98.6 Å². The van der Waals surface area contributed by atoms with Crippen LogP contribution in [0.3, 0.4) is 0 Å². The van der Waals surface area contributed by atoms with Crippen molar-refractivity contribution in [2.24, 2.45) is 5.10 Å². The summed E-state index contributed by atoms with van der Waals surface area (Å²) in [6.07, 6.45) is 1.44. The van der Waals surface area contributed by atoms with Gasteiger partial charge in [0.1, 0.15) is 5.75 Å². The molecule has 0 unspecified atom stereocenters. The second kappa shape index (κ2) is 4.65. The number of hydrazone groups is 1. The highest BCUT2D eigenvalue weighted by Crippen LogP contribution is 2.25. The number of carbonyl (C=O) groups is 1. The molecule has 0 fully saturated rings. The first kappa shape index (κ1) is 11.1. The Kier molecular flexibility index (Phi) is 3.05. The van der Waals surface area contributed by atoms with E-state index in [0.29, 0.717) is 5.56 Å². The topological polar surface area (TPSA) is 61.7 Å². The Morgan fingerprint density at radius 3 is 2.82 bits per heavy atom. The number of phenols is 1. The Morgan fingerprint density at radius 1 is 1.29 bits per heavy atom. The first-order chi connectivity index (χ1) is 8.18. The van der Waals surface area contributed by atoms with Gasteiger partial charge < -0.3 is 5.11 Å². The number of hydrogen-bond donors (Lipinski definition) is 2. The van der Waals surface area contributed by atoms with Gasteiger partial charge in [-0.1, -0.05) is 30.3 Å². The van der Waals surface area contributed by atoms with E-state index in [4.69, 9.17) is 0 Å². The van der Waals surface area contributed by atoms with Crippen LogP contribution in [0, 0.1) is 0 Å². The van der Waals surface area contributed by atoms with Gasteiger partial charge in [0.05, 0.1) is 6.21 Å². The van der Waals surface area contributed by atoms with Crippen LogP contribution in [0.4, 0.5) is 0 Å². The molecule has 0 aliphatic carbocycles. The fraction of sp³-hybridized carbons (Fsp3) is 0.0769. The van der Waals surface area contributed by atoms with Crippen molar-refractivity contribution >= 4 is 22.9 Å². The van der Waals surface area contributed by atoms with Crippen LogP contribution in [0.5, 0.6) is 5.75 Å². The lowest BCUT2D eigenvalue weighted by Gasteiger charge is -2.04. The van der Waals surface area contributed by atoms with Crippen molar-refractivity contribution in [1.82, 2.24) is 5.43 Å². The van der Waals surface area contributed by atoms with E-state index in [0.717, 1.165) is 10.8 Å². The average molecular weight is 228 g/mol. The zero-order chi connectivity index (χ0) is 12.3. The van der Waals surface area contributed by atoms with Gasteiger partial charge in [-0.25, -0.2) is 5.43 Å². The summed E-state index contributed by atoms with van der Waals surface area (Å²) in [6, 6.07) is 11.1. The van der Waals surface area contributed by atoms with Crippen LogP contribution in [0.1, 0.15) is 12.5 Å². The van der Waals surface area contributed by atoms with Crippen LogP contribution in [0.15, 0.2) is 41.5 Å². The third-order valence-corrected chi connectivity index (χ3v) is 2.36. The maximum Gasteiger partial charge on any atom is 0.236 e. The molecule has 2 aromatic rings. The van der Waals surface area contributed by atoms with E-state index in [2.05, 4.69) is 10.5 Å². The van der Waals surface area contributed by atoms with Crippen molar-refractivity contribution in [3.05, 3.63) is 42.0 Å². The van der Waals surface area contributed by atoms with Gasteiger partial charge in [-0.2, -0.15) is 5.10 Å². The molecule has 0 saturated carbocycles. The maximum absolute atomic E-state index is 10.7. The van der Waals surface area contributed by atoms with E-state index in [-0.39, 0.29) is 11.7 Å². The minimum Gasteiger partial charge on any atom is -0.507 e. The van der Waals surface area contributed by atoms with Crippen LogP contribution in [0.25, 0.3) is 10.8 Å². The number of rotatable bonds is 2. The van der Waals surface area contributed by atoms with Crippen LogP contribution >= 0.6 is 0 Å². The van der Waals surface area contributed by atoms with E-state index < -0.39 is 0 Å². The molecule has 0 spiro atoms. The molecule has 0 radical (unpaired) electrons. The van der Waals surface area contributed by atoms with Gasteiger partial charge in [0.15, 0.2) is 0 Å². The summed E-state index contributed by atoms with van der Waals surface area (Å²) >= 11 is 0. The molecule has 0 aliphatic rings. The summed E-state index contributed by atoms with van der Waals surface area (Å²) in [5, 5.41) is 15.4. The smallest absolute Gasteiger partial charge is 0.236 e. The molecule has 0 saturated heterocycles. The molecule has 0 bridgehead atoms. The monoisotopic (exact) mass is 228 g/mol. The van der Waals surface area contributed by atoms with Crippen LogP contribution in [0.2, 0.25) is 0 Å². The van der Waals surface area contributed by atoms with E-state index >= 15 is 0 Å². The standard InChI is InChI=1S/C13H12N2O2/c1-9(16)15-14-8-12-11-5-3-2-4-10(11)6-7-13(12)17/h2-8,17H,1H3,(H,15,16). The number of amides is 1. The Balaban J connectivity index is 2.47. The van der Waals surface area contributed by atoms with E-state index in [1.165, 1.54) is 13.1 Å². The first-order valence-corrected chi connectivity index (χ1v) is 5.19. The lowest BCUT2D eigenvalue weighted by Crippen LogP contribution is -2.12. The zero-order valence-corrected chi connectivity index (χ0v) is 9.34. The van der Waals surface area contributed by atoms with Gasteiger partial charge in [-0.3, -0.25) is 4.79 Å². The minimum absolute atomic E-state index is 0.137. The summed E-state index contributed by atoms with van der Waals surface area (Å²) in [7, 11) is 0. The number of fused-ring (bicyclic) bond motifs is 1. The summed E-state index contributed by atoms with van der Waals surface area (Å²) in [6.45, 7) is 1.38. The summed E-state index contributed by atoms with van der Waals surface area (Å²) < 4.78 is 0. The minimum atomic E-state index is -0.249. The van der Waals surface area contributed by atoms with Crippen molar-refractivity contribution in [2.45, 2.75) is 6.92 Å². The Morgan fingerprint density at radius 2 is 2.06 bits per heavy atom. The lowest BCUT2D eigenvalue weighted by molar-refractivity contribution is -0.118. The van der Waals surface area contributed by atoms with Crippen molar-refractivity contribution < 1.29 is 9.90 Å². The highest BCUT2D eigenvalue weighted by atomic mass is 16.3. The lowest BCUT2D eigenvalue weighted by atomic mass is 10.0. The molecular weight excluding hydrogens is 216 g/mol. The second-order valence-corrected chi connectivity index (χ2v) is 3.65. The van der Waals surface area contributed by atoms with Crippen LogP contribution in [-0.2, 0) is 4.79 Å². The molecule has 0 heterocycles. The van der Waals surface area contributed by atoms with Crippen molar-refractivity contribution in [3.8, 4) is 5.75 Å². The largest absolute Gasteiger partial charge is 0.507 e. The predicted octanol–water partition coefficient (Wildman–Crippen LogP) is 2.02. The molecule has 1 amide bonds. The molecule has 2 N–H and O–H groups in total. The van der Waals surface area contributed by atoms with Crippen molar-refractivity contribution in [3.63, 3.8) is 0 Å². The van der Waals surface area contributed by atoms with Crippen molar-refractivity contribution in [2.75, 3.05) is 0 Å². The highest BCUT2D eigenvalue weighted by molar-refractivity contribution is 6.02. The molecule has 2 rings (SSSR count). The predicted molar refractivity (Wildman–Crippen MR) is 67.0 cm³/mol. The molecule has 0 aliphatic heterocycles. The van der Waals surface area contributed by atoms with Gasteiger partial charge in [0.2, 0.25) is 5.91 Å². The summed E-state index contributed by atoms with van der Waals surface area (Å²) in [5.74, 6) is -0.112. The molecule has 17 heavy (non-hydrogen) atoms. The summed E-state index contributed by atoms with van der Waals surface area (Å²) in [4.78, 5) is 10.7. The molecule has 86 valence electrons. The molecular formula is C13H12N2O2. The van der Waals surface area contributed by atoms with Gasteiger partial charge in [-0.05, 0) is 16.8 Å². The number of aromatic hydroxyl groups is 1. The summed E-state index contributed by atoms with van der Waals surface area (Å²) in [5.41, 5.74) is 2.90. The second-order valence-electron chi connectivity index (χ2n) is 3.65. The maximum atomic E-state index is 10.7. The van der Waals surface area contributed by atoms with Crippen molar-refractivity contribution in [1.29, 1.82) is 0 Å². The number of carbonyl (C=O) groups excluding carboxylic acids is 1. The highest BCUT2D eigenvalue weighted by Gasteiger charge is 2.03. The number of phenolic OH excluding ortho intramolecular Hbond substituents is 1. The Hall–Kier alpha value is -2.36.